The minimum absolute atomic E-state index is 0. The molecule has 0 atom stereocenters. The van der Waals surface area contributed by atoms with Gasteiger partial charge in [0.2, 0.25) is 0 Å². The molecule has 10 aromatic rings. The second-order valence-corrected chi connectivity index (χ2v) is 20.1. The summed E-state index contributed by atoms with van der Waals surface area (Å²) in [5.74, 6) is 0.800. The number of aromatic nitrogens is 3. The fourth-order valence-corrected chi connectivity index (χ4v) is 9.85. The number of halogens is 3. The van der Waals surface area contributed by atoms with E-state index in [2.05, 4.69) is 172 Å². The first-order chi connectivity index (χ1) is 35.7. The van der Waals surface area contributed by atoms with E-state index in [1.165, 1.54) is 52.3 Å². The molecule has 367 valence electrons. The predicted molar refractivity (Wildman–Crippen MR) is 285 cm³/mol. The number of aryl methyl sites for hydroxylation is 1. The summed E-state index contributed by atoms with van der Waals surface area (Å²) in [6, 6.07) is 55.1. The third-order valence-corrected chi connectivity index (χ3v) is 14.0. The van der Waals surface area contributed by atoms with E-state index in [-0.39, 0.29) is 37.5 Å². The molecule has 0 bridgehead atoms. The minimum atomic E-state index is -4.41. The summed E-state index contributed by atoms with van der Waals surface area (Å²) in [6.07, 6.45) is 0.799. The number of para-hydroxylation sites is 2. The van der Waals surface area contributed by atoms with Crippen molar-refractivity contribution in [1.29, 1.82) is 0 Å². The number of hydrogen-bond donors (Lipinski definition) is 0. The van der Waals surface area contributed by atoms with Gasteiger partial charge in [-0.2, -0.15) is 13.2 Å². The average molecular weight is 1140 g/mol. The Kier molecular flexibility index (Phi) is 12.9. The molecule has 1 saturated carbocycles. The van der Waals surface area contributed by atoms with Gasteiger partial charge in [-0.05, 0) is 142 Å². The molecule has 7 aromatic carbocycles. The molecular weight excluding hydrogens is 1080 g/mol. The zero-order valence-corrected chi connectivity index (χ0v) is 43.6. The SMILES string of the molecule is [2H]C([2H])([2H])c1ccc(-c2[c-]cc(C(F)(F)F)cc2)nc1.[2H]C1(c2ccc(-c3cc(C(C)C)c(-n4c(-c5[c-]ccc6c5oc5cc(-c7ccccc7)ccc56)nc5ccccc54)c(C(C)C)c3)cc2)CCC(C)(C)CC1.[Ir]. The number of nitrogens with zero attached hydrogens (tertiary/aromatic N) is 3. The number of hydrogen-bond acceptors (Lipinski definition) is 3. The molecule has 0 spiro atoms. The van der Waals surface area contributed by atoms with Crippen LogP contribution < -0.4 is 0 Å². The van der Waals surface area contributed by atoms with Crippen molar-refractivity contribution in [3.05, 3.63) is 198 Å². The molecule has 0 aliphatic heterocycles. The largest absolute Gasteiger partial charge is 0.501 e. The Bertz CT molecular complexity index is 3580. The van der Waals surface area contributed by atoms with E-state index in [0.717, 1.165) is 98.9 Å². The van der Waals surface area contributed by atoms with Gasteiger partial charge in [0, 0.05) is 42.9 Å². The van der Waals surface area contributed by atoms with E-state index < -0.39 is 24.5 Å². The molecule has 3 aromatic heterocycles. The monoisotopic (exact) mass is 1140 g/mol. The summed E-state index contributed by atoms with van der Waals surface area (Å²) < 4.78 is 77.4. The fourth-order valence-electron chi connectivity index (χ4n) is 9.85. The number of pyridine rings is 1. The Balaban J connectivity index is 0.000000283. The van der Waals surface area contributed by atoms with Crippen LogP contribution in [0.2, 0.25) is 0 Å². The third kappa shape index (κ3) is 10.2. The smallest absolute Gasteiger partial charge is 0.381 e. The second kappa shape index (κ2) is 20.5. The number of benzene rings is 7. The van der Waals surface area contributed by atoms with E-state index in [1.54, 1.807) is 0 Å². The molecule has 0 saturated heterocycles. The van der Waals surface area contributed by atoms with Gasteiger partial charge < -0.3 is 14.0 Å². The van der Waals surface area contributed by atoms with Gasteiger partial charge in [-0.3, -0.25) is 4.98 Å². The van der Waals surface area contributed by atoms with Crippen LogP contribution in [0.1, 0.15) is 118 Å². The molecule has 1 fully saturated rings. The van der Waals surface area contributed by atoms with Crippen LogP contribution in [0.5, 0.6) is 0 Å². The van der Waals surface area contributed by atoms with Crippen molar-refractivity contribution in [3.8, 4) is 50.6 Å². The van der Waals surface area contributed by atoms with Crippen LogP contribution in [-0.4, -0.2) is 14.5 Å². The van der Waals surface area contributed by atoms with Crippen molar-refractivity contribution < 1.29 is 43.2 Å². The molecule has 8 heteroatoms. The first-order valence-electron chi connectivity index (χ1n) is 26.4. The molecule has 3 heterocycles. The molecule has 0 amide bonds. The summed E-state index contributed by atoms with van der Waals surface area (Å²) in [4.78, 5) is 9.28. The number of alkyl halides is 3. The van der Waals surface area contributed by atoms with Gasteiger partial charge in [-0.1, -0.05) is 143 Å². The van der Waals surface area contributed by atoms with Gasteiger partial charge in [-0.25, -0.2) is 0 Å². The van der Waals surface area contributed by atoms with Gasteiger partial charge in [0.15, 0.2) is 0 Å². The summed E-state index contributed by atoms with van der Waals surface area (Å²) in [6.45, 7) is 11.6. The van der Waals surface area contributed by atoms with Crippen LogP contribution in [0.25, 0.3) is 83.6 Å². The van der Waals surface area contributed by atoms with Crippen LogP contribution in [0.3, 0.4) is 0 Å². The van der Waals surface area contributed by atoms with Gasteiger partial charge >= 0.3 is 6.18 Å². The molecular formula is C64H58F3IrN3O-2. The summed E-state index contributed by atoms with van der Waals surface area (Å²) in [5.41, 5.74) is 14.4. The minimum Gasteiger partial charge on any atom is -0.501 e. The molecule has 0 N–H and O–H groups in total. The number of imidazole rings is 1. The summed E-state index contributed by atoms with van der Waals surface area (Å²) >= 11 is 0. The molecule has 1 radical (unpaired) electrons. The number of rotatable bonds is 8. The topological polar surface area (TPSA) is 43.9 Å². The molecule has 0 unspecified atom stereocenters. The van der Waals surface area contributed by atoms with Crippen molar-refractivity contribution >= 4 is 33.0 Å². The Morgan fingerprint density at radius 3 is 2.06 bits per heavy atom. The van der Waals surface area contributed by atoms with Gasteiger partial charge in [-0.15, -0.1) is 48.0 Å². The van der Waals surface area contributed by atoms with Crippen LogP contribution in [0.15, 0.2) is 162 Å². The Morgan fingerprint density at radius 2 is 1.42 bits per heavy atom. The summed E-state index contributed by atoms with van der Waals surface area (Å²) in [5, 5.41) is 2.14. The van der Waals surface area contributed by atoms with E-state index in [0.29, 0.717) is 16.7 Å². The average Bonchev–Trinajstić information content (AvgIpc) is 3.98. The Hall–Kier alpha value is -6.60. The maximum Gasteiger partial charge on any atom is 0.381 e. The zero-order valence-electron chi connectivity index (χ0n) is 45.2. The number of fused-ring (bicyclic) bond motifs is 4. The predicted octanol–water partition coefficient (Wildman–Crippen LogP) is 18.5. The first-order valence-corrected chi connectivity index (χ1v) is 24.4. The quantitative estimate of drug-likeness (QED) is 0.142. The molecule has 1 aliphatic rings. The Labute approximate surface area is 440 Å². The van der Waals surface area contributed by atoms with E-state index in [9.17, 15) is 14.5 Å². The van der Waals surface area contributed by atoms with Crippen LogP contribution in [0, 0.1) is 24.4 Å². The standard InChI is InChI=1S/C51H49N2O.C13H9F3N.Ir/c1-32(2)43-29-39(36-21-19-35(20-22-36)37-25-27-51(5,6)28-26-37)30-44(33(3)4)48(43)53-46-18-11-10-17-45(46)52-50(53)42-16-12-15-41-40-24-23-38(31-47(40)54-49(41)42)34-13-8-7-9-14-34;1-9-2-7-12(17-8-9)10-3-5-11(6-4-10)13(14,15)16;/h7-15,17-24,29-33,37H,25-28H2,1-6H3;2-3,5-8H,1H3;/q2*-1;/i37D;1D3;. The van der Waals surface area contributed by atoms with E-state index >= 15 is 0 Å². The van der Waals surface area contributed by atoms with Crippen molar-refractivity contribution in [2.24, 2.45) is 5.41 Å². The van der Waals surface area contributed by atoms with E-state index in [4.69, 9.17) is 13.5 Å². The molecule has 1 aliphatic carbocycles. The molecule has 72 heavy (non-hydrogen) atoms. The summed E-state index contributed by atoms with van der Waals surface area (Å²) in [7, 11) is 0. The van der Waals surface area contributed by atoms with Gasteiger partial charge in [0.1, 0.15) is 5.58 Å². The second-order valence-electron chi connectivity index (χ2n) is 20.1. The number of furan rings is 1. The fraction of sp³-hybridized carbons (Fsp3) is 0.250. The normalized spacial score (nSPS) is 15.4. The van der Waals surface area contributed by atoms with Crippen molar-refractivity contribution in [1.82, 2.24) is 14.5 Å². The molecule has 11 rings (SSSR count). The van der Waals surface area contributed by atoms with Crippen LogP contribution in [0.4, 0.5) is 13.2 Å². The molecule has 4 nitrogen and oxygen atoms in total. The van der Waals surface area contributed by atoms with Crippen molar-refractivity contribution in [2.75, 3.05) is 0 Å². The van der Waals surface area contributed by atoms with Crippen LogP contribution in [-0.2, 0) is 26.3 Å². The Morgan fingerprint density at radius 1 is 0.736 bits per heavy atom. The zero-order chi connectivity index (χ0) is 53.0. The van der Waals surface area contributed by atoms with E-state index in [1.807, 2.05) is 12.1 Å². The van der Waals surface area contributed by atoms with Crippen LogP contribution >= 0.6 is 0 Å². The van der Waals surface area contributed by atoms with Gasteiger partial charge in [0.05, 0.1) is 22.4 Å². The maximum atomic E-state index is 12.4. The van der Waals surface area contributed by atoms with Gasteiger partial charge in [0.25, 0.3) is 0 Å². The maximum absolute atomic E-state index is 12.4. The van der Waals surface area contributed by atoms with Crippen molar-refractivity contribution in [3.63, 3.8) is 0 Å². The first kappa shape index (κ1) is 45.3. The third-order valence-electron chi connectivity index (χ3n) is 14.0. The van der Waals surface area contributed by atoms with Crippen molar-refractivity contribution in [2.45, 2.75) is 98.0 Å².